The van der Waals surface area contributed by atoms with Gasteiger partial charge in [-0.2, -0.15) is 0 Å². The second-order valence-electron chi connectivity index (χ2n) is 2.61. The van der Waals surface area contributed by atoms with Crippen molar-refractivity contribution in [1.29, 1.82) is 0 Å². The van der Waals surface area contributed by atoms with Crippen LogP contribution >= 0.6 is 11.6 Å². The van der Waals surface area contributed by atoms with Gasteiger partial charge in [0.15, 0.2) is 0 Å². The quantitative estimate of drug-likeness (QED) is 0.553. The fraction of sp³-hybridized carbons (Fsp3) is 0. The maximum Gasteiger partial charge on any atom is 0.488 e. The standard InChI is InChI=1S/C6H7BClNO4S/c8-5-3-4(7(10)11)1-2-6(5)14(9,12)13/h1-3,10-11H,(H2,9,12,13). The Kier molecular flexibility index (Phi) is 3.18. The van der Waals surface area contributed by atoms with E-state index in [1.807, 2.05) is 0 Å². The summed E-state index contributed by atoms with van der Waals surface area (Å²) in [6.07, 6.45) is 0. The first-order valence-corrected chi connectivity index (χ1v) is 5.43. The number of hydrogen-bond acceptors (Lipinski definition) is 4. The fourth-order valence-corrected chi connectivity index (χ4v) is 2.01. The fourth-order valence-electron chi connectivity index (χ4n) is 0.908. The average molecular weight is 235 g/mol. The van der Waals surface area contributed by atoms with Crippen LogP contribution in [0.3, 0.4) is 0 Å². The second-order valence-corrected chi connectivity index (χ2v) is 4.55. The summed E-state index contributed by atoms with van der Waals surface area (Å²) in [6, 6.07) is 3.47. The van der Waals surface area contributed by atoms with Gasteiger partial charge < -0.3 is 10.0 Å². The summed E-state index contributed by atoms with van der Waals surface area (Å²) >= 11 is 5.58. The third-order valence-corrected chi connectivity index (χ3v) is 2.95. The number of hydrogen-bond donors (Lipinski definition) is 3. The van der Waals surface area contributed by atoms with Crippen molar-refractivity contribution in [2.24, 2.45) is 5.14 Å². The molecule has 0 unspecified atom stereocenters. The van der Waals surface area contributed by atoms with Gasteiger partial charge >= 0.3 is 7.12 Å². The zero-order valence-electron chi connectivity index (χ0n) is 6.88. The van der Waals surface area contributed by atoms with Crippen molar-refractivity contribution in [2.75, 3.05) is 0 Å². The first-order chi connectivity index (χ1) is 6.32. The van der Waals surface area contributed by atoms with E-state index in [2.05, 4.69) is 0 Å². The molecular formula is C6H7BClNO4S. The molecule has 1 rings (SSSR count). The van der Waals surface area contributed by atoms with E-state index in [4.69, 9.17) is 26.8 Å². The molecule has 0 fully saturated rings. The molecule has 0 saturated carbocycles. The molecule has 0 bridgehead atoms. The Morgan fingerprint density at radius 1 is 1.36 bits per heavy atom. The van der Waals surface area contributed by atoms with Crippen molar-refractivity contribution in [3.05, 3.63) is 23.2 Å². The molecule has 4 N–H and O–H groups in total. The van der Waals surface area contributed by atoms with Gasteiger partial charge in [-0.25, -0.2) is 13.6 Å². The Morgan fingerprint density at radius 3 is 2.29 bits per heavy atom. The van der Waals surface area contributed by atoms with E-state index in [0.29, 0.717) is 0 Å². The second kappa shape index (κ2) is 3.88. The summed E-state index contributed by atoms with van der Waals surface area (Å²) < 4.78 is 21.8. The normalized spacial score (nSPS) is 11.4. The molecule has 0 aliphatic heterocycles. The van der Waals surface area contributed by atoms with Crippen LogP contribution in [0.25, 0.3) is 0 Å². The van der Waals surface area contributed by atoms with E-state index in [0.717, 1.165) is 12.1 Å². The van der Waals surface area contributed by atoms with Crippen LogP contribution in [-0.2, 0) is 10.0 Å². The summed E-state index contributed by atoms with van der Waals surface area (Å²) in [7, 11) is -5.56. The Bertz CT molecular complexity index is 447. The SMILES string of the molecule is NS(=O)(=O)c1ccc(B(O)O)cc1Cl. The molecule has 0 radical (unpaired) electrons. The van der Waals surface area contributed by atoms with E-state index in [1.165, 1.54) is 6.07 Å². The largest absolute Gasteiger partial charge is 0.488 e. The molecule has 0 atom stereocenters. The summed E-state index contributed by atoms with van der Waals surface area (Å²) in [5.41, 5.74) is 0.0994. The first-order valence-electron chi connectivity index (χ1n) is 3.51. The van der Waals surface area contributed by atoms with Crippen LogP contribution in [0.1, 0.15) is 0 Å². The number of halogens is 1. The Labute approximate surface area is 86.3 Å². The minimum atomic E-state index is -3.87. The van der Waals surface area contributed by atoms with Gasteiger partial charge in [0.1, 0.15) is 4.90 Å². The molecule has 1 aromatic carbocycles. The van der Waals surface area contributed by atoms with E-state index < -0.39 is 17.1 Å². The number of nitrogens with two attached hydrogens (primary N) is 1. The van der Waals surface area contributed by atoms with Gasteiger partial charge in [-0.05, 0) is 17.6 Å². The van der Waals surface area contributed by atoms with Gasteiger partial charge in [-0.3, -0.25) is 0 Å². The lowest BCUT2D eigenvalue weighted by atomic mass is 9.80. The van der Waals surface area contributed by atoms with Crippen LogP contribution in [0.15, 0.2) is 23.1 Å². The molecule has 5 nitrogen and oxygen atoms in total. The van der Waals surface area contributed by atoms with Crippen LogP contribution < -0.4 is 10.6 Å². The third kappa shape index (κ3) is 2.46. The molecule has 76 valence electrons. The minimum Gasteiger partial charge on any atom is -0.423 e. The van der Waals surface area contributed by atoms with Crippen LogP contribution in [0.4, 0.5) is 0 Å². The maximum atomic E-state index is 10.9. The number of rotatable bonds is 2. The summed E-state index contributed by atoms with van der Waals surface area (Å²) in [4.78, 5) is -0.247. The summed E-state index contributed by atoms with van der Waals surface area (Å²) in [5.74, 6) is 0. The zero-order chi connectivity index (χ0) is 10.9. The highest BCUT2D eigenvalue weighted by molar-refractivity contribution is 7.89. The monoisotopic (exact) mass is 235 g/mol. The molecule has 1 aromatic rings. The molecule has 0 aromatic heterocycles. The zero-order valence-corrected chi connectivity index (χ0v) is 8.46. The van der Waals surface area contributed by atoms with Crippen molar-refractivity contribution >= 4 is 34.2 Å². The van der Waals surface area contributed by atoms with Crippen LogP contribution in [-0.4, -0.2) is 25.6 Å². The highest BCUT2D eigenvalue weighted by Gasteiger charge is 2.17. The Balaban J connectivity index is 3.28. The van der Waals surface area contributed by atoms with Gasteiger partial charge in [0.25, 0.3) is 0 Å². The smallest absolute Gasteiger partial charge is 0.423 e. The predicted octanol–water partition coefficient (Wildman–Crippen LogP) is -1.33. The lowest BCUT2D eigenvalue weighted by Gasteiger charge is -2.04. The van der Waals surface area contributed by atoms with E-state index in [9.17, 15) is 8.42 Å². The summed E-state index contributed by atoms with van der Waals surface area (Å²) in [6.45, 7) is 0. The van der Waals surface area contributed by atoms with Crippen molar-refractivity contribution in [3.8, 4) is 0 Å². The lowest BCUT2D eigenvalue weighted by Crippen LogP contribution is -2.30. The average Bonchev–Trinajstić information content (AvgIpc) is 2.01. The molecule has 0 amide bonds. The number of primary sulfonamides is 1. The van der Waals surface area contributed by atoms with E-state index in [-0.39, 0.29) is 15.4 Å². The maximum absolute atomic E-state index is 10.9. The van der Waals surface area contributed by atoms with E-state index in [1.54, 1.807) is 0 Å². The number of sulfonamides is 1. The van der Waals surface area contributed by atoms with Gasteiger partial charge in [0, 0.05) is 0 Å². The van der Waals surface area contributed by atoms with Gasteiger partial charge in [-0.15, -0.1) is 0 Å². The van der Waals surface area contributed by atoms with Crippen molar-refractivity contribution in [1.82, 2.24) is 0 Å². The predicted molar refractivity (Wildman–Crippen MR) is 52.7 cm³/mol. The summed E-state index contributed by atoms with van der Waals surface area (Å²) in [5, 5.41) is 22.2. The first kappa shape index (κ1) is 11.5. The van der Waals surface area contributed by atoms with Gasteiger partial charge in [0.05, 0.1) is 5.02 Å². The third-order valence-electron chi connectivity index (χ3n) is 1.56. The lowest BCUT2D eigenvalue weighted by molar-refractivity contribution is 0.425. The van der Waals surface area contributed by atoms with Crippen LogP contribution in [0, 0.1) is 0 Å². The van der Waals surface area contributed by atoms with Crippen molar-refractivity contribution in [2.45, 2.75) is 4.90 Å². The van der Waals surface area contributed by atoms with Crippen LogP contribution in [0.2, 0.25) is 5.02 Å². The molecule has 0 aliphatic carbocycles. The molecule has 0 saturated heterocycles. The van der Waals surface area contributed by atoms with Gasteiger partial charge in [0.2, 0.25) is 10.0 Å². The highest BCUT2D eigenvalue weighted by Crippen LogP contribution is 2.17. The van der Waals surface area contributed by atoms with Crippen molar-refractivity contribution in [3.63, 3.8) is 0 Å². The molecule has 8 heteroatoms. The molecule has 0 spiro atoms. The Hall–Kier alpha value is -0.595. The van der Waals surface area contributed by atoms with Gasteiger partial charge in [-0.1, -0.05) is 17.7 Å². The topological polar surface area (TPSA) is 101 Å². The Morgan fingerprint density at radius 2 is 1.93 bits per heavy atom. The minimum absolute atomic E-state index is 0.0994. The molecule has 14 heavy (non-hydrogen) atoms. The molecular weight excluding hydrogens is 228 g/mol. The highest BCUT2D eigenvalue weighted by atomic mass is 35.5. The van der Waals surface area contributed by atoms with Crippen molar-refractivity contribution < 1.29 is 18.5 Å². The van der Waals surface area contributed by atoms with Crippen LogP contribution in [0.5, 0.6) is 0 Å². The number of benzene rings is 1. The molecule has 0 aliphatic rings. The van der Waals surface area contributed by atoms with E-state index >= 15 is 0 Å². The molecule has 0 heterocycles.